The molecule has 102 valence electrons. The highest BCUT2D eigenvalue weighted by Crippen LogP contribution is 2.22. The van der Waals surface area contributed by atoms with Crippen LogP contribution in [-0.2, 0) is 0 Å². The molecule has 0 bridgehead atoms. The first-order chi connectivity index (χ1) is 7.81. The van der Waals surface area contributed by atoms with Gasteiger partial charge in [0.15, 0.2) is 0 Å². The molecule has 2 atom stereocenters. The number of rotatable bonds is 4. The minimum Gasteiger partial charge on any atom is -0.311 e. The first-order valence-corrected chi connectivity index (χ1v) is 7.32. The molecule has 0 aliphatic carbocycles. The predicted octanol–water partition coefficient (Wildman–Crippen LogP) is 3.27. The third-order valence-electron chi connectivity index (χ3n) is 3.89. The molecule has 0 aromatic rings. The van der Waals surface area contributed by atoms with Gasteiger partial charge in [0.05, 0.1) is 0 Å². The van der Waals surface area contributed by atoms with Crippen LogP contribution in [0, 0.1) is 5.92 Å². The van der Waals surface area contributed by atoms with Crippen molar-refractivity contribution >= 4 is 0 Å². The van der Waals surface area contributed by atoms with E-state index in [1.165, 1.54) is 25.8 Å². The van der Waals surface area contributed by atoms with Gasteiger partial charge in [-0.15, -0.1) is 0 Å². The van der Waals surface area contributed by atoms with E-state index in [0.717, 1.165) is 18.5 Å². The maximum Gasteiger partial charge on any atom is 0.0246 e. The smallest absolute Gasteiger partial charge is 0.0246 e. The highest BCUT2D eigenvalue weighted by Gasteiger charge is 2.28. The van der Waals surface area contributed by atoms with Crippen LogP contribution in [0.15, 0.2) is 0 Å². The van der Waals surface area contributed by atoms with Crippen molar-refractivity contribution in [3.05, 3.63) is 0 Å². The Morgan fingerprint density at radius 2 is 1.88 bits per heavy atom. The fourth-order valence-corrected chi connectivity index (χ4v) is 2.76. The summed E-state index contributed by atoms with van der Waals surface area (Å²) in [5.41, 5.74) is 0.228. The molecule has 0 aromatic carbocycles. The number of likely N-dealkylation sites (tertiary alicyclic amines) is 1. The average Bonchev–Trinajstić information content (AvgIpc) is 2.18. The minimum atomic E-state index is 0.228. The zero-order chi connectivity index (χ0) is 13.1. The fraction of sp³-hybridized carbons (Fsp3) is 1.00. The molecule has 2 heteroatoms. The molecule has 1 saturated heterocycles. The van der Waals surface area contributed by atoms with Gasteiger partial charge in [0, 0.05) is 24.2 Å². The zero-order valence-corrected chi connectivity index (χ0v) is 12.7. The van der Waals surface area contributed by atoms with Crippen LogP contribution in [0.5, 0.6) is 0 Å². The molecule has 2 nitrogen and oxygen atoms in total. The molecule has 17 heavy (non-hydrogen) atoms. The Labute approximate surface area is 108 Å². The molecule has 1 rings (SSSR count). The standard InChI is InChI=1S/C15H32N2/c1-12(2)14(11-16-15(4,5)6)17-10-8-7-9-13(17)3/h12-14,16H,7-11H2,1-6H3. The van der Waals surface area contributed by atoms with E-state index in [-0.39, 0.29) is 5.54 Å². The maximum absolute atomic E-state index is 3.68. The van der Waals surface area contributed by atoms with Crippen molar-refractivity contribution in [1.29, 1.82) is 0 Å². The van der Waals surface area contributed by atoms with Gasteiger partial charge >= 0.3 is 0 Å². The molecular formula is C15H32N2. The second-order valence-electron chi connectivity index (χ2n) is 7.02. The van der Waals surface area contributed by atoms with Crippen molar-refractivity contribution in [3.8, 4) is 0 Å². The van der Waals surface area contributed by atoms with Gasteiger partial charge in [-0.25, -0.2) is 0 Å². The molecule has 1 fully saturated rings. The van der Waals surface area contributed by atoms with E-state index < -0.39 is 0 Å². The van der Waals surface area contributed by atoms with Crippen LogP contribution in [0.1, 0.15) is 60.8 Å². The van der Waals surface area contributed by atoms with Crippen LogP contribution in [-0.4, -0.2) is 35.6 Å². The molecule has 0 spiro atoms. The van der Waals surface area contributed by atoms with Gasteiger partial charge in [-0.2, -0.15) is 0 Å². The Bertz CT molecular complexity index is 217. The van der Waals surface area contributed by atoms with Gasteiger partial charge in [0.2, 0.25) is 0 Å². The second-order valence-corrected chi connectivity index (χ2v) is 7.02. The third-order valence-corrected chi connectivity index (χ3v) is 3.89. The van der Waals surface area contributed by atoms with Crippen molar-refractivity contribution in [2.24, 2.45) is 5.92 Å². The van der Waals surface area contributed by atoms with Crippen molar-refractivity contribution in [2.75, 3.05) is 13.1 Å². The van der Waals surface area contributed by atoms with Gasteiger partial charge < -0.3 is 5.32 Å². The summed E-state index contributed by atoms with van der Waals surface area (Å²) in [5.74, 6) is 0.727. The maximum atomic E-state index is 3.68. The predicted molar refractivity (Wildman–Crippen MR) is 76.4 cm³/mol. The summed E-state index contributed by atoms with van der Waals surface area (Å²) in [6, 6.07) is 1.45. The molecule has 0 amide bonds. The normalized spacial score (nSPS) is 25.2. The molecule has 0 radical (unpaired) electrons. The van der Waals surface area contributed by atoms with Gasteiger partial charge in [0.25, 0.3) is 0 Å². The average molecular weight is 240 g/mol. The van der Waals surface area contributed by atoms with Crippen LogP contribution < -0.4 is 5.32 Å². The number of piperidine rings is 1. The molecule has 1 aliphatic heterocycles. The summed E-state index contributed by atoms with van der Waals surface area (Å²) in [6.07, 6.45) is 4.16. The largest absolute Gasteiger partial charge is 0.311 e. The quantitative estimate of drug-likeness (QED) is 0.811. The highest BCUT2D eigenvalue weighted by atomic mass is 15.2. The van der Waals surface area contributed by atoms with Gasteiger partial charge in [-0.3, -0.25) is 4.90 Å². The fourth-order valence-electron chi connectivity index (χ4n) is 2.76. The van der Waals surface area contributed by atoms with E-state index in [1.54, 1.807) is 0 Å². The second kappa shape index (κ2) is 6.19. The molecule has 0 saturated carbocycles. The molecule has 0 aromatic heterocycles. The summed E-state index contributed by atoms with van der Waals surface area (Å²) in [6.45, 7) is 16.3. The first-order valence-electron chi connectivity index (χ1n) is 7.32. The number of nitrogens with zero attached hydrogens (tertiary/aromatic N) is 1. The molecule has 1 heterocycles. The van der Waals surface area contributed by atoms with E-state index in [2.05, 4.69) is 51.8 Å². The van der Waals surface area contributed by atoms with Crippen LogP contribution in [0.2, 0.25) is 0 Å². The Kier molecular flexibility index (Phi) is 5.46. The lowest BCUT2D eigenvalue weighted by atomic mass is 9.94. The molecular weight excluding hydrogens is 208 g/mol. The molecule has 2 unspecified atom stereocenters. The summed E-state index contributed by atoms with van der Waals surface area (Å²) in [7, 11) is 0. The lowest BCUT2D eigenvalue weighted by molar-refractivity contribution is 0.0738. The van der Waals surface area contributed by atoms with E-state index in [1.807, 2.05) is 0 Å². The SMILES string of the molecule is CC(C)C(CNC(C)(C)C)N1CCCCC1C. The lowest BCUT2D eigenvalue weighted by Crippen LogP contribution is -2.54. The number of hydrogen-bond acceptors (Lipinski definition) is 2. The Morgan fingerprint density at radius 1 is 1.24 bits per heavy atom. The van der Waals surface area contributed by atoms with Crippen LogP contribution in [0.4, 0.5) is 0 Å². The van der Waals surface area contributed by atoms with Crippen molar-refractivity contribution < 1.29 is 0 Å². The summed E-state index contributed by atoms with van der Waals surface area (Å²) >= 11 is 0. The van der Waals surface area contributed by atoms with Crippen molar-refractivity contribution in [1.82, 2.24) is 10.2 Å². The van der Waals surface area contributed by atoms with Crippen molar-refractivity contribution in [3.63, 3.8) is 0 Å². The third kappa shape index (κ3) is 4.97. The van der Waals surface area contributed by atoms with Crippen molar-refractivity contribution in [2.45, 2.75) is 78.4 Å². The van der Waals surface area contributed by atoms with Crippen LogP contribution in [0.25, 0.3) is 0 Å². The van der Waals surface area contributed by atoms with E-state index in [0.29, 0.717) is 6.04 Å². The number of hydrogen-bond donors (Lipinski definition) is 1. The Morgan fingerprint density at radius 3 is 2.35 bits per heavy atom. The minimum absolute atomic E-state index is 0.228. The summed E-state index contributed by atoms with van der Waals surface area (Å²) in [4.78, 5) is 2.73. The zero-order valence-electron chi connectivity index (χ0n) is 12.7. The van der Waals surface area contributed by atoms with Gasteiger partial charge in [0.1, 0.15) is 0 Å². The topological polar surface area (TPSA) is 15.3 Å². The van der Waals surface area contributed by atoms with Gasteiger partial charge in [-0.1, -0.05) is 20.3 Å². The number of nitrogens with one attached hydrogen (secondary N) is 1. The first kappa shape index (κ1) is 15.0. The lowest BCUT2D eigenvalue weighted by Gasteiger charge is -2.42. The summed E-state index contributed by atoms with van der Waals surface area (Å²) in [5, 5.41) is 3.68. The summed E-state index contributed by atoms with van der Waals surface area (Å²) < 4.78 is 0. The molecule has 1 aliphatic rings. The van der Waals surface area contributed by atoms with E-state index in [4.69, 9.17) is 0 Å². The van der Waals surface area contributed by atoms with Crippen LogP contribution >= 0.6 is 0 Å². The van der Waals surface area contributed by atoms with Crippen LogP contribution in [0.3, 0.4) is 0 Å². The van der Waals surface area contributed by atoms with E-state index in [9.17, 15) is 0 Å². The Hall–Kier alpha value is -0.0800. The van der Waals surface area contributed by atoms with Gasteiger partial charge in [-0.05, 0) is 53.0 Å². The monoisotopic (exact) mass is 240 g/mol. The highest BCUT2D eigenvalue weighted by molar-refractivity contribution is 4.85. The van der Waals surface area contributed by atoms with E-state index >= 15 is 0 Å². The molecule has 1 N–H and O–H groups in total. The Balaban J connectivity index is 2.58.